The van der Waals surface area contributed by atoms with Gasteiger partial charge in [0.05, 0.1) is 6.04 Å². The lowest BCUT2D eigenvalue weighted by atomic mass is 10.0. The van der Waals surface area contributed by atoms with Crippen molar-refractivity contribution in [1.29, 1.82) is 0 Å². The second-order valence-electron chi connectivity index (χ2n) is 3.53. The minimum absolute atomic E-state index is 0.152. The van der Waals surface area contributed by atoms with E-state index in [1.54, 1.807) is 0 Å². The molecule has 1 amide bonds. The summed E-state index contributed by atoms with van der Waals surface area (Å²) in [5.41, 5.74) is 2.27. The highest BCUT2D eigenvalue weighted by Gasteiger charge is 2.21. The summed E-state index contributed by atoms with van der Waals surface area (Å²) in [6, 6.07) is 8.32. The molecular weight excluding hydrogens is 174 g/mol. The standard InChI is InChI=1S/C12H13NO/c1-2-9-4-3-5-10(8-9)11-6-7-12(14)13-11/h2-5,8,11H,1,6-7H2,(H,13,14)/t11-/m1/s1. The Hall–Kier alpha value is -1.57. The lowest BCUT2D eigenvalue weighted by Crippen LogP contribution is -2.18. The molecule has 0 saturated carbocycles. The Morgan fingerprint density at radius 3 is 3.00 bits per heavy atom. The van der Waals surface area contributed by atoms with Crippen LogP contribution in [-0.2, 0) is 4.79 Å². The van der Waals surface area contributed by atoms with Crippen LogP contribution in [0.5, 0.6) is 0 Å². The van der Waals surface area contributed by atoms with Crippen LogP contribution in [0.25, 0.3) is 6.08 Å². The number of hydrogen-bond donors (Lipinski definition) is 1. The first-order valence-electron chi connectivity index (χ1n) is 4.81. The molecule has 2 heteroatoms. The highest BCUT2D eigenvalue weighted by Crippen LogP contribution is 2.24. The first-order valence-corrected chi connectivity index (χ1v) is 4.81. The van der Waals surface area contributed by atoms with Crippen LogP contribution in [0.1, 0.15) is 30.0 Å². The molecular formula is C12H13NO. The molecule has 14 heavy (non-hydrogen) atoms. The molecule has 0 unspecified atom stereocenters. The molecule has 1 aliphatic heterocycles. The topological polar surface area (TPSA) is 29.1 Å². The van der Waals surface area contributed by atoms with Gasteiger partial charge in [0.2, 0.25) is 5.91 Å². The van der Waals surface area contributed by atoms with E-state index in [0.717, 1.165) is 12.0 Å². The third kappa shape index (κ3) is 1.69. The minimum atomic E-state index is 0.152. The van der Waals surface area contributed by atoms with Gasteiger partial charge in [0.25, 0.3) is 0 Å². The molecule has 0 aromatic heterocycles. The Morgan fingerprint density at radius 1 is 1.50 bits per heavy atom. The van der Waals surface area contributed by atoms with Gasteiger partial charge < -0.3 is 5.32 Å². The van der Waals surface area contributed by atoms with Crippen molar-refractivity contribution in [2.45, 2.75) is 18.9 Å². The second kappa shape index (κ2) is 3.66. The van der Waals surface area contributed by atoms with E-state index >= 15 is 0 Å². The Labute approximate surface area is 83.6 Å². The molecule has 2 rings (SSSR count). The minimum Gasteiger partial charge on any atom is -0.349 e. The van der Waals surface area contributed by atoms with Crippen molar-refractivity contribution < 1.29 is 4.79 Å². The summed E-state index contributed by atoms with van der Waals surface area (Å²) in [7, 11) is 0. The molecule has 72 valence electrons. The number of rotatable bonds is 2. The average Bonchev–Trinajstić information content (AvgIpc) is 2.65. The zero-order valence-corrected chi connectivity index (χ0v) is 7.99. The smallest absolute Gasteiger partial charge is 0.220 e. The Balaban J connectivity index is 2.23. The zero-order chi connectivity index (χ0) is 9.97. The van der Waals surface area contributed by atoms with Crippen LogP contribution >= 0.6 is 0 Å². The molecule has 1 heterocycles. The van der Waals surface area contributed by atoms with E-state index in [9.17, 15) is 4.79 Å². The Kier molecular flexibility index (Phi) is 2.35. The fraction of sp³-hybridized carbons (Fsp3) is 0.250. The van der Waals surface area contributed by atoms with Crippen molar-refractivity contribution in [2.75, 3.05) is 0 Å². The van der Waals surface area contributed by atoms with E-state index < -0.39 is 0 Å². The molecule has 0 bridgehead atoms. The van der Waals surface area contributed by atoms with Gasteiger partial charge in [-0.15, -0.1) is 0 Å². The molecule has 1 aliphatic rings. The zero-order valence-electron chi connectivity index (χ0n) is 7.99. The average molecular weight is 187 g/mol. The van der Waals surface area contributed by atoms with Gasteiger partial charge in [-0.25, -0.2) is 0 Å². The SMILES string of the molecule is C=Cc1cccc([C@H]2CCC(=O)N2)c1. The molecule has 1 atom stereocenters. The lowest BCUT2D eigenvalue weighted by Gasteiger charge is -2.10. The van der Waals surface area contributed by atoms with Crippen LogP contribution in [0.4, 0.5) is 0 Å². The normalized spacial score (nSPS) is 20.6. The van der Waals surface area contributed by atoms with Crippen molar-refractivity contribution in [3.63, 3.8) is 0 Å². The van der Waals surface area contributed by atoms with Crippen LogP contribution < -0.4 is 5.32 Å². The van der Waals surface area contributed by atoms with Crippen LogP contribution in [-0.4, -0.2) is 5.91 Å². The van der Waals surface area contributed by atoms with E-state index in [-0.39, 0.29) is 11.9 Å². The van der Waals surface area contributed by atoms with E-state index in [1.165, 1.54) is 5.56 Å². The van der Waals surface area contributed by atoms with Crippen LogP contribution in [0.2, 0.25) is 0 Å². The Bertz CT molecular complexity index is 370. The van der Waals surface area contributed by atoms with Gasteiger partial charge in [0.15, 0.2) is 0 Å². The van der Waals surface area contributed by atoms with Crippen LogP contribution in [0.3, 0.4) is 0 Å². The fourth-order valence-corrected chi connectivity index (χ4v) is 1.77. The first kappa shape index (κ1) is 9.00. The summed E-state index contributed by atoms with van der Waals surface area (Å²) >= 11 is 0. The third-order valence-corrected chi connectivity index (χ3v) is 2.54. The van der Waals surface area contributed by atoms with E-state index in [2.05, 4.69) is 18.0 Å². The number of benzene rings is 1. The predicted molar refractivity (Wildman–Crippen MR) is 56.7 cm³/mol. The van der Waals surface area contributed by atoms with Gasteiger partial charge in [-0.05, 0) is 23.6 Å². The van der Waals surface area contributed by atoms with Crippen molar-refractivity contribution >= 4 is 12.0 Å². The monoisotopic (exact) mass is 187 g/mol. The maximum atomic E-state index is 11.0. The molecule has 1 saturated heterocycles. The summed E-state index contributed by atoms with van der Waals surface area (Å²) in [5, 5.41) is 2.95. The molecule has 1 fully saturated rings. The maximum absolute atomic E-state index is 11.0. The summed E-state index contributed by atoms with van der Waals surface area (Å²) in [4.78, 5) is 11.0. The van der Waals surface area contributed by atoms with Gasteiger partial charge in [0, 0.05) is 6.42 Å². The first-order chi connectivity index (χ1) is 6.79. The van der Waals surface area contributed by atoms with Gasteiger partial charge in [-0.1, -0.05) is 30.9 Å². The molecule has 1 aromatic carbocycles. The van der Waals surface area contributed by atoms with Crippen molar-refractivity contribution in [3.8, 4) is 0 Å². The highest BCUT2D eigenvalue weighted by atomic mass is 16.1. The van der Waals surface area contributed by atoms with Gasteiger partial charge >= 0.3 is 0 Å². The second-order valence-corrected chi connectivity index (χ2v) is 3.53. The van der Waals surface area contributed by atoms with Gasteiger partial charge in [-0.2, -0.15) is 0 Å². The number of amides is 1. The number of carbonyl (C=O) groups is 1. The third-order valence-electron chi connectivity index (χ3n) is 2.54. The van der Waals surface area contributed by atoms with E-state index in [0.29, 0.717) is 6.42 Å². The molecule has 0 radical (unpaired) electrons. The number of nitrogens with one attached hydrogen (secondary N) is 1. The van der Waals surface area contributed by atoms with Crippen molar-refractivity contribution in [2.24, 2.45) is 0 Å². The largest absolute Gasteiger partial charge is 0.349 e. The molecule has 1 N–H and O–H groups in total. The molecule has 2 nitrogen and oxygen atoms in total. The van der Waals surface area contributed by atoms with E-state index in [1.807, 2.05) is 24.3 Å². The number of hydrogen-bond acceptors (Lipinski definition) is 1. The number of carbonyl (C=O) groups excluding carboxylic acids is 1. The molecule has 0 aliphatic carbocycles. The van der Waals surface area contributed by atoms with Gasteiger partial charge in [-0.3, -0.25) is 4.79 Å². The summed E-state index contributed by atoms with van der Waals surface area (Å²) < 4.78 is 0. The van der Waals surface area contributed by atoms with Crippen LogP contribution in [0.15, 0.2) is 30.8 Å². The van der Waals surface area contributed by atoms with Crippen LogP contribution in [0, 0.1) is 0 Å². The predicted octanol–water partition coefficient (Wildman–Crippen LogP) is 2.28. The van der Waals surface area contributed by atoms with E-state index in [4.69, 9.17) is 0 Å². The lowest BCUT2D eigenvalue weighted by molar-refractivity contribution is -0.119. The highest BCUT2D eigenvalue weighted by molar-refractivity contribution is 5.78. The summed E-state index contributed by atoms with van der Waals surface area (Å²) in [6.45, 7) is 3.73. The Morgan fingerprint density at radius 2 is 2.36 bits per heavy atom. The quantitative estimate of drug-likeness (QED) is 0.756. The maximum Gasteiger partial charge on any atom is 0.220 e. The molecule has 1 aromatic rings. The van der Waals surface area contributed by atoms with Gasteiger partial charge in [0.1, 0.15) is 0 Å². The summed E-state index contributed by atoms with van der Waals surface area (Å²) in [5.74, 6) is 0.152. The van der Waals surface area contributed by atoms with Crippen molar-refractivity contribution in [1.82, 2.24) is 5.32 Å². The molecule has 0 spiro atoms. The summed E-state index contributed by atoms with van der Waals surface area (Å²) in [6.07, 6.45) is 3.36. The van der Waals surface area contributed by atoms with Crippen molar-refractivity contribution in [3.05, 3.63) is 42.0 Å². The fourth-order valence-electron chi connectivity index (χ4n) is 1.77.